The zero-order valence-electron chi connectivity index (χ0n) is 8.65. The molecule has 0 fully saturated rings. The molecule has 0 radical (unpaired) electrons. The second-order valence-electron chi connectivity index (χ2n) is 3.05. The van der Waals surface area contributed by atoms with Gasteiger partial charge in [0.05, 0.1) is 5.75 Å². The van der Waals surface area contributed by atoms with Gasteiger partial charge in [-0.1, -0.05) is 42.1 Å². The molecule has 2 rings (SSSR count). The van der Waals surface area contributed by atoms with E-state index in [0.717, 1.165) is 17.3 Å². The average Bonchev–Trinajstić information content (AvgIpc) is 2.38. The lowest BCUT2D eigenvalue weighted by Crippen LogP contribution is -2.02. The number of hydrogen-bond donors (Lipinski definition) is 1. The molecular formula is C10H8N4O2S. The molecule has 0 saturated heterocycles. The lowest BCUT2D eigenvalue weighted by molar-refractivity contribution is -0.133. The van der Waals surface area contributed by atoms with E-state index in [2.05, 4.69) is 20.4 Å². The molecule has 0 amide bonds. The van der Waals surface area contributed by atoms with Gasteiger partial charge in [-0.25, -0.2) is 0 Å². The number of nitrogens with zero attached hydrogens (tertiary/aromatic N) is 4. The van der Waals surface area contributed by atoms with Crippen LogP contribution in [0.5, 0.6) is 0 Å². The van der Waals surface area contributed by atoms with Crippen molar-refractivity contribution in [3.05, 3.63) is 30.3 Å². The first-order chi connectivity index (χ1) is 8.25. The summed E-state index contributed by atoms with van der Waals surface area (Å²) < 4.78 is 0. The molecule has 0 aliphatic rings. The highest BCUT2D eigenvalue weighted by molar-refractivity contribution is 7.99. The Bertz CT molecular complexity index is 503. The summed E-state index contributed by atoms with van der Waals surface area (Å²) in [5, 5.41) is 24.1. The predicted molar refractivity (Wildman–Crippen MR) is 61.4 cm³/mol. The summed E-state index contributed by atoms with van der Waals surface area (Å²) in [7, 11) is 0. The van der Waals surface area contributed by atoms with Gasteiger partial charge in [0.2, 0.25) is 11.0 Å². The zero-order valence-corrected chi connectivity index (χ0v) is 9.46. The van der Waals surface area contributed by atoms with E-state index in [4.69, 9.17) is 5.11 Å². The van der Waals surface area contributed by atoms with Gasteiger partial charge in [0.15, 0.2) is 0 Å². The van der Waals surface area contributed by atoms with Crippen LogP contribution in [0.25, 0.3) is 11.4 Å². The quantitative estimate of drug-likeness (QED) is 0.810. The van der Waals surface area contributed by atoms with E-state index in [0.29, 0.717) is 5.82 Å². The van der Waals surface area contributed by atoms with E-state index in [1.807, 2.05) is 30.3 Å². The molecule has 17 heavy (non-hydrogen) atoms. The fourth-order valence-corrected chi connectivity index (χ4v) is 1.56. The normalized spacial score (nSPS) is 10.1. The molecule has 0 bridgehead atoms. The molecule has 1 aromatic carbocycles. The lowest BCUT2D eigenvalue weighted by atomic mass is 10.2. The van der Waals surface area contributed by atoms with Crippen LogP contribution in [0.4, 0.5) is 0 Å². The Labute approximate surface area is 101 Å². The van der Waals surface area contributed by atoms with Crippen LogP contribution in [-0.4, -0.2) is 37.2 Å². The smallest absolute Gasteiger partial charge is 0.313 e. The molecule has 0 aliphatic heterocycles. The summed E-state index contributed by atoms with van der Waals surface area (Å²) in [5.74, 6) is -0.607. The predicted octanol–water partition coefficient (Wildman–Crippen LogP) is 1.11. The second kappa shape index (κ2) is 5.35. The molecular weight excluding hydrogens is 240 g/mol. The fraction of sp³-hybridized carbons (Fsp3) is 0.100. The van der Waals surface area contributed by atoms with Gasteiger partial charge < -0.3 is 5.11 Å². The Kier molecular flexibility index (Phi) is 3.61. The van der Waals surface area contributed by atoms with E-state index in [1.165, 1.54) is 0 Å². The van der Waals surface area contributed by atoms with E-state index < -0.39 is 5.97 Å². The van der Waals surface area contributed by atoms with Crippen molar-refractivity contribution in [1.29, 1.82) is 0 Å². The topological polar surface area (TPSA) is 88.9 Å². The first-order valence-corrected chi connectivity index (χ1v) is 5.71. The van der Waals surface area contributed by atoms with Crippen molar-refractivity contribution in [3.63, 3.8) is 0 Å². The van der Waals surface area contributed by atoms with Crippen LogP contribution in [-0.2, 0) is 4.79 Å². The van der Waals surface area contributed by atoms with Crippen LogP contribution < -0.4 is 0 Å². The Hall–Kier alpha value is -2.02. The van der Waals surface area contributed by atoms with Gasteiger partial charge in [-0.2, -0.15) is 0 Å². The summed E-state index contributed by atoms with van der Waals surface area (Å²) in [6, 6.07) is 9.32. The van der Waals surface area contributed by atoms with Crippen molar-refractivity contribution in [1.82, 2.24) is 20.4 Å². The van der Waals surface area contributed by atoms with Crippen LogP contribution in [0.1, 0.15) is 0 Å². The van der Waals surface area contributed by atoms with Crippen molar-refractivity contribution in [2.24, 2.45) is 0 Å². The molecule has 1 aromatic heterocycles. The van der Waals surface area contributed by atoms with Crippen LogP contribution in [0, 0.1) is 0 Å². The standard InChI is InChI=1S/C10H8N4O2S/c15-8(16)6-17-10-13-11-9(12-14-10)7-4-2-1-3-5-7/h1-5H,6H2,(H,15,16). The molecule has 1 heterocycles. The maximum absolute atomic E-state index is 10.3. The highest BCUT2D eigenvalue weighted by Gasteiger charge is 2.06. The summed E-state index contributed by atoms with van der Waals surface area (Å²) in [5.41, 5.74) is 0.822. The van der Waals surface area contributed by atoms with Crippen LogP contribution in [0.15, 0.2) is 35.5 Å². The molecule has 1 N–H and O–H groups in total. The summed E-state index contributed by atoms with van der Waals surface area (Å²) in [4.78, 5) is 10.3. The number of rotatable bonds is 4. The first kappa shape index (κ1) is 11.5. The largest absolute Gasteiger partial charge is 0.481 e. The molecule has 6 nitrogen and oxygen atoms in total. The minimum Gasteiger partial charge on any atom is -0.481 e. The molecule has 86 valence electrons. The van der Waals surface area contributed by atoms with Crippen LogP contribution in [0.3, 0.4) is 0 Å². The third kappa shape index (κ3) is 3.22. The van der Waals surface area contributed by atoms with Crippen molar-refractivity contribution < 1.29 is 9.90 Å². The molecule has 0 spiro atoms. The van der Waals surface area contributed by atoms with Crippen molar-refractivity contribution >= 4 is 17.7 Å². The highest BCUT2D eigenvalue weighted by atomic mass is 32.2. The van der Waals surface area contributed by atoms with Gasteiger partial charge in [-0.3, -0.25) is 4.79 Å². The molecule has 0 atom stereocenters. The van der Waals surface area contributed by atoms with E-state index >= 15 is 0 Å². The van der Waals surface area contributed by atoms with Gasteiger partial charge in [0.25, 0.3) is 0 Å². The Morgan fingerprint density at radius 2 is 1.76 bits per heavy atom. The van der Waals surface area contributed by atoms with E-state index in [9.17, 15) is 4.79 Å². The average molecular weight is 248 g/mol. The zero-order chi connectivity index (χ0) is 12.1. The van der Waals surface area contributed by atoms with E-state index in [1.54, 1.807) is 0 Å². The summed E-state index contributed by atoms with van der Waals surface area (Å²) >= 11 is 0.986. The number of carboxylic acids is 1. The lowest BCUT2D eigenvalue weighted by Gasteiger charge is -1.98. The molecule has 7 heteroatoms. The van der Waals surface area contributed by atoms with Crippen LogP contribution in [0.2, 0.25) is 0 Å². The van der Waals surface area contributed by atoms with Gasteiger partial charge in [-0.05, 0) is 0 Å². The first-order valence-electron chi connectivity index (χ1n) is 4.73. The van der Waals surface area contributed by atoms with Crippen molar-refractivity contribution in [2.45, 2.75) is 5.16 Å². The highest BCUT2D eigenvalue weighted by Crippen LogP contribution is 2.14. The number of aliphatic carboxylic acids is 1. The van der Waals surface area contributed by atoms with Gasteiger partial charge in [0, 0.05) is 5.56 Å². The maximum atomic E-state index is 10.3. The van der Waals surface area contributed by atoms with Crippen molar-refractivity contribution in [3.8, 4) is 11.4 Å². The SMILES string of the molecule is O=C(O)CSc1nnc(-c2ccccc2)nn1. The Morgan fingerprint density at radius 1 is 1.12 bits per heavy atom. The monoisotopic (exact) mass is 248 g/mol. The van der Waals surface area contributed by atoms with Crippen LogP contribution >= 0.6 is 11.8 Å². The summed E-state index contributed by atoms with van der Waals surface area (Å²) in [6.45, 7) is 0. The minimum absolute atomic E-state index is 0.103. The number of benzene rings is 1. The number of hydrogen-bond acceptors (Lipinski definition) is 6. The molecule has 2 aromatic rings. The van der Waals surface area contributed by atoms with E-state index in [-0.39, 0.29) is 10.9 Å². The second-order valence-corrected chi connectivity index (χ2v) is 4.00. The van der Waals surface area contributed by atoms with Gasteiger partial charge in [0.1, 0.15) is 0 Å². The summed E-state index contributed by atoms with van der Waals surface area (Å²) in [6.07, 6.45) is 0. The molecule has 0 unspecified atom stereocenters. The van der Waals surface area contributed by atoms with Gasteiger partial charge >= 0.3 is 5.97 Å². The molecule has 0 saturated carbocycles. The minimum atomic E-state index is -0.925. The third-order valence-corrected chi connectivity index (χ3v) is 2.63. The number of carboxylic acid groups (broad SMARTS) is 1. The molecule has 0 aliphatic carbocycles. The fourth-order valence-electron chi connectivity index (χ4n) is 1.11. The third-order valence-electron chi connectivity index (χ3n) is 1.82. The maximum Gasteiger partial charge on any atom is 0.313 e. The Morgan fingerprint density at radius 3 is 2.35 bits per heavy atom. The number of thioether (sulfide) groups is 1. The Balaban J connectivity index is 2.11. The van der Waals surface area contributed by atoms with Crippen molar-refractivity contribution in [2.75, 3.05) is 5.75 Å². The number of carbonyl (C=O) groups is 1. The number of aromatic nitrogens is 4. The van der Waals surface area contributed by atoms with Gasteiger partial charge in [-0.15, -0.1) is 20.4 Å².